The van der Waals surface area contributed by atoms with Gasteiger partial charge in [0.2, 0.25) is 0 Å². The maximum atomic E-state index is 5.49. The number of nitrogens with one attached hydrogen (secondary N) is 1. The van der Waals surface area contributed by atoms with Gasteiger partial charge < -0.3 is 10.1 Å². The van der Waals surface area contributed by atoms with E-state index >= 15 is 0 Å². The highest BCUT2D eigenvalue weighted by molar-refractivity contribution is 7.09. The van der Waals surface area contributed by atoms with Crippen LogP contribution in [0.25, 0.3) is 0 Å². The Morgan fingerprint density at radius 2 is 2.19 bits per heavy atom. The van der Waals surface area contributed by atoms with Crippen LogP contribution in [0.1, 0.15) is 36.4 Å². The normalized spacial score (nSPS) is 24.6. The van der Waals surface area contributed by atoms with Gasteiger partial charge in [-0.3, -0.25) is 0 Å². The highest BCUT2D eigenvalue weighted by Crippen LogP contribution is 2.37. The molecule has 0 unspecified atom stereocenters. The van der Waals surface area contributed by atoms with E-state index in [0.717, 1.165) is 37.8 Å². The Bertz CT molecular complexity index is 367. The van der Waals surface area contributed by atoms with Crippen LogP contribution in [-0.4, -0.2) is 24.2 Å². The van der Waals surface area contributed by atoms with Crippen LogP contribution in [0.15, 0.2) is 5.38 Å². The summed E-state index contributed by atoms with van der Waals surface area (Å²) in [5.74, 6) is 0. The fourth-order valence-corrected chi connectivity index (χ4v) is 3.35. The molecule has 1 aromatic heterocycles. The van der Waals surface area contributed by atoms with E-state index in [2.05, 4.69) is 22.6 Å². The predicted molar refractivity (Wildman–Crippen MR) is 64.7 cm³/mol. The predicted octanol–water partition coefficient (Wildman–Crippen LogP) is 2.21. The minimum Gasteiger partial charge on any atom is -0.381 e. The molecule has 0 radical (unpaired) electrons. The lowest BCUT2D eigenvalue weighted by molar-refractivity contribution is 0.0356. The van der Waals surface area contributed by atoms with Gasteiger partial charge in [-0.25, -0.2) is 4.98 Å². The lowest BCUT2D eigenvalue weighted by Gasteiger charge is -2.36. The van der Waals surface area contributed by atoms with Crippen molar-refractivity contribution in [3.05, 3.63) is 16.1 Å². The molecular formula is C12H18N2OS. The maximum Gasteiger partial charge on any atom is 0.113 e. The zero-order chi connectivity index (χ0) is 11.0. The molecular weight excluding hydrogens is 220 g/mol. The standard InChI is InChI=1S/C12H18N2OS/c1-9-8-16-11(13-9)12(14-10-2-3-10)4-6-15-7-5-12/h8,10,14H,2-7H2,1H3. The summed E-state index contributed by atoms with van der Waals surface area (Å²) in [4.78, 5) is 4.69. The van der Waals surface area contributed by atoms with Crippen molar-refractivity contribution in [2.75, 3.05) is 13.2 Å². The topological polar surface area (TPSA) is 34.1 Å². The molecule has 2 heterocycles. The number of thiazole rings is 1. The summed E-state index contributed by atoms with van der Waals surface area (Å²) in [6, 6.07) is 0.724. The van der Waals surface area contributed by atoms with Crippen LogP contribution in [0, 0.1) is 6.92 Å². The fourth-order valence-electron chi connectivity index (χ4n) is 2.33. The molecule has 1 aromatic rings. The van der Waals surface area contributed by atoms with Gasteiger partial charge in [0, 0.05) is 30.3 Å². The summed E-state index contributed by atoms with van der Waals surface area (Å²) < 4.78 is 5.49. The minimum atomic E-state index is 0.109. The zero-order valence-corrected chi connectivity index (χ0v) is 10.5. The Labute approximate surface area is 100 Å². The molecule has 3 rings (SSSR count). The smallest absolute Gasteiger partial charge is 0.113 e. The Balaban J connectivity index is 1.86. The second-order valence-electron chi connectivity index (χ2n) is 4.91. The lowest BCUT2D eigenvalue weighted by atomic mass is 9.90. The van der Waals surface area contributed by atoms with Gasteiger partial charge in [0.25, 0.3) is 0 Å². The van der Waals surface area contributed by atoms with Gasteiger partial charge in [-0.1, -0.05) is 0 Å². The van der Waals surface area contributed by atoms with Crippen LogP contribution in [0.2, 0.25) is 0 Å². The minimum absolute atomic E-state index is 0.109. The number of nitrogens with zero attached hydrogens (tertiary/aromatic N) is 1. The number of hydrogen-bond donors (Lipinski definition) is 1. The number of aryl methyl sites for hydroxylation is 1. The molecule has 1 N–H and O–H groups in total. The molecule has 2 aliphatic rings. The average molecular weight is 238 g/mol. The molecule has 1 saturated carbocycles. The van der Waals surface area contributed by atoms with Crippen LogP contribution in [0.3, 0.4) is 0 Å². The molecule has 0 bridgehead atoms. The van der Waals surface area contributed by atoms with Crippen LogP contribution in [0.4, 0.5) is 0 Å². The molecule has 0 amide bonds. The third-order valence-corrected chi connectivity index (χ3v) is 4.60. The van der Waals surface area contributed by atoms with Gasteiger partial charge in [-0.05, 0) is 32.6 Å². The van der Waals surface area contributed by atoms with Crippen LogP contribution in [0.5, 0.6) is 0 Å². The molecule has 0 spiro atoms. The van der Waals surface area contributed by atoms with E-state index in [9.17, 15) is 0 Å². The van der Waals surface area contributed by atoms with Gasteiger partial charge >= 0.3 is 0 Å². The Hall–Kier alpha value is -0.450. The summed E-state index contributed by atoms with van der Waals surface area (Å²) in [5.41, 5.74) is 1.25. The fraction of sp³-hybridized carbons (Fsp3) is 0.750. The number of ether oxygens (including phenoxy) is 1. The van der Waals surface area contributed by atoms with Crippen molar-refractivity contribution in [3.63, 3.8) is 0 Å². The SMILES string of the molecule is Cc1csc(C2(NC3CC3)CCOCC2)n1. The second-order valence-corrected chi connectivity index (χ2v) is 5.77. The molecule has 16 heavy (non-hydrogen) atoms. The van der Waals surface area contributed by atoms with E-state index in [0.29, 0.717) is 0 Å². The Kier molecular flexibility index (Phi) is 2.73. The van der Waals surface area contributed by atoms with Crippen molar-refractivity contribution in [2.45, 2.75) is 44.2 Å². The summed E-state index contributed by atoms with van der Waals surface area (Å²) in [7, 11) is 0. The summed E-state index contributed by atoms with van der Waals surface area (Å²) >= 11 is 1.80. The first kappa shape index (κ1) is 10.7. The van der Waals surface area contributed by atoms with Crippen LogP contribution in [-0.2, 0) is 10.3 Å². The van der Waals surface area contributed by atoms with E-state index in [4.69, 9.17) is 4.74 Å². The van der Waals surface area contributed by atoms with Crippen LogP contribution < -0.4 is 5.32 Å². The van der Waals surface area contributed by atoms with Crippen molar-refractivity contribution in [1.29, 1.82) is 0 Å². The maximum absolute atomic E-state index is 5.49. The molecule has 3 nitrogen and oxygen atoms in total. The first-order valence-corrected chi connectivity index (χ1v) is 6.94. The first-order valence-electron chi connectivity index (χ1n) is 6.07. The monoisotopic (exact) mass is 238 g/mol. The van der Waals surface area contributed by atoms with E-state index in [1.54, 1.807) is 11.3 Å². The lowest BCUT2D eigenvalue weighted by Crippen LogP contribution is -2.47. The zero-order valence-electron chi connectivity index (χ0n) is 9.66. The highest BCUT2D eigenvalue weighted by Gasteiger charge is 2.40. The largest absolute Gasteiger partial charge is 0.381 e. The first-order chi connectivity index (χ1) is 7.78. The van der Waals surface area contributed by atoms with Crippen LogP contribution >= 0.6 is 11.3 Å². The molecule has 4 heteroatoms. The molecule has 1 saturated heterocycles. The molecule has 1 aliphatic carbocycles. The molecule has 1 aliphatic heterocycles. The average Bonchev–Trinajstić information content (AvgIpc) is 2.99. The molecule has 2 fully saturated rings. The summed E-state index contributed by atoms with van der Waals surface area (Å²) in [6.07, 6.45) is 4.78. The van der Waals surface area contributed by atoms with E-state index in [-0.39, 0.29) is 5.54 Å². The van der Waals surface area contributed by atoms with Crippen molar-refractivity contribution < 1.29 is 4.74 Å². The van der Waals surface area contributed by atoms with Gasteiger partial charge in [0.1, 0.15) is 5.01 Å². The molecule has 0 atom stereocenters. The van der Waals surface area contributed by atoms with Crippen molar-refractivity contribution >= 4 is 11.3 Å². The summed E-state index contributed by atoms with van der Waals surface area (Å²) in [5, 5.41) is 7.22. The number of aromatic nitrogens is 1. The quantitative estimate of drug-likeness (QED) is 0.876. The van der Waals surface area contributed by atoms with Gasteiger partial charge in [-0.2, -0.15) is 0 Å². The Morgan fingerprint density at radius 1 is 1.44 bits per heavy atom. The third-order valence-electron chi connectivity index (χ3n) is 3.43. The summed E-state index contributed by atoms with van der Waals surface area (Å²) in [6.45, 7) is 3.79. The molecule has 0 aromatic carbocycles. The van der Waals surface area contributed by atoms with Crippen molar-refractivity contribution in [2.24, 2.45) is 0 Å². The van der Waals surface area contributed by atoms with E-state index < -0.39 is 0 Å². The van der Waals surface area contributed by atoms with Crippen molar-refractivity contribution in [1.82, 2.24) is 10.3 Å². The third kappa shape index (κ3) is 2.01. The van der Waals surface area contributed by atoms with Gasteiger partial charge in [0.05, 0.1) is 5.54 Å². The second kappa shape index (κ2) is 4.09. The van der Waals surface area contributed by atoms with E-state index in [1.165, 1.54) is 17.8 Å². The number of hydrogen-bond acceptors (Lipinski definition) is 4. The molecule has 88 valence electrons. The van der Waals surface area contributed by atoms with Crippen molar-refractivity contribution in [3.8, 4) is 0 Å². The van der Waals surface area contributed by atoms with Gasteiger partial charge in [0.15, 0.2) is 0 Å². The van der Waals surface area contributed by atoms with E-state index in [1.807, 2.05) is 0 Å². The highest BCUT2D eigenvalue weighted by atomic mass is 32.1. The Morgan fingerprint density at radius 3 is 2.75 bits per heavy atom. The van der Waals surface area contributed by atoms with Gasteiger partial charge in [-0.15, -0.1) is 11.3 Å². The number of rotatable bonds is 3.